The van der Waals surface area contributed by atoms with Crippen molar-refractivity contribution < 1.29 is 4.79 Å². The summed E-state index contributed by atoms with van der Waals surface area (Å²) in [5, 5.41) is 7.75. The number of nitrogens with zero attached hydrogens (tertiary/aromatic N) is 3. The van der Waals surface area contributed by atoms with Crippen molar-refractivity contribution >= 4 is 28.4 Å². The molecule has 7 heteroatoms. The molecular weight excluding hydrogens is 412 g/mol. The minimum absolute atomic E-state index is 0.0176. The number of aromatic amines is 1. The van der Waals surface area contributed by atoms with Crippen LogP contribution in [0.1, 0.15) is 18.4 Å². The Hall–Kier alpha value is -3.87. The monoisotopic (exact) mass is 440 g/mol. The normalized spacial score (nSPS) is 17.0. The zero-order chi connectivity index (χ0) is 22.5. The zero-order valence-corrected chi connectivity index (χ0v) is 18.4. The van der Waals surface area contributed by atoms with E-state index in [0.717, 1.165) is 54.0 Å². The lowest BCUT2D eigenvalue weighted by molar-refractivity contribution is -0.122. The number of benzene rings is 2. The van der Waals surface area contributed by atoms with Crippen LogP contribution in [-0.4, -0.2) is 46.0 Å². The Balaban J connectivity index is 1.30. The van der Waals surface area contributed by atoms with Gasteiger partial charge in [-0.1, -0.05) is 48.5 Å². The number of carbonyl (C=O) groups is 1. The van der Waals surface area contributed by atoms with Crippen molar-refractivity contribution in [1.82, 2.24) is 20.3 Å². The summed E-state index contributed by atoms with van der Waals surface area (Å²) in [6, 6.07) is 21.7. The summed E-state index contributed by atoms with van der Waals surface area (Å²) in [5.41, 5.74) is 2.90. The third-order valence-corrected chi connectivity index (χ3v) is 6.11. The van der Waals surface area contributed by atoms with Gasteiger partial charge in [0.1, 0.15) is 23.8 Å². The SMILES string of the molecule is O=C(NC1CCCN(c2ncnc3[nH]ccc23)C1)C(Cc1ccccc1)Nc1ccccc1. The van der Waals surface area contributed by atoms with Crippen molar-refractivity contribution in [3.8, 4) is 0 Å². The molecule has 33 heavy (non-hydrogen) atoms. The van der Waals surface area contributed by atoms with E-state index >= 15 is 0 Å². The molecular formula is C26H28N6O. The lowest BCUT2D eigenvalue weighted by atomic mass is 10.0. The van der Waals surface area contributed by atoms with Crippen LogP contribution in [0.15, 0.2) is 79.3 Å². The fourth-order valence-corrected chi connectivity index (χ4v) is 4.49. The highest BCUT2D eigenvalue weighted by molar-refractivity contribution is 5.88. The number of anilines is 2. The summed E-state index contributed by atoms with van der Waals surface area (Å²) in [5.74, 6) is 0.937. The second-order valence-corrected chi connectivity index (χ2v) is 8.48. The summed E-state index contributed by atoms with van der Waals surface area (Å²) >= 11 is 0. The van der Waals surface area contributed by atoms with Crippen LogP contribution in [-0.2, 0) is 11.2 Å². The first-order valence-electron chi connectivity index (χ1n) is 11.5. The van der Waals surface area contributed by atoms with E-state index in [2.05, 4.69) is 42.6 Å². The molecule has 1 aliphatic heterocycles. The minimum Gasteiger partial charge on any atom is -0.373 e. The first-order chi connectivity index (χ1) is 16.3. The van der Waals surface area contributed by atoms with Crippen LogP contribution in [0.3, 0.4) is 0 Å². The van der Waals surface area contributed by atoms with E-state index in [9.17, 15) is 4.79 Å². The summed E-state index contributed by atoms with van der Waals surface area (Å²) in [6.45, 7) is 1.64. The van der Waals surface area contributed by atoms with E-state index in [-0.39, 0.29) is 18.0 Å². The van der Waals surface area contributed by atoms with E-state index in [4.69, 9.17) is 0 Å². The molecule has 2 aromatic heterocycles. The first-order valence-corrected chi connectivity index (χ1v) is 11.5. The lowest BCUT2D eigenvalue weighted by Gasteiger charge is -2.35. The van der Waals surface area contributed by atoms with Gasteiger partial charge in [-0.2, -0.15) is 0 Å². The summed E-state index contributed by atoms with van der Waals surface area (Å²) in [7, 11) is 0. The largest absolute Gasteiger partial charge is 0.373 e. The molecule has 168 valence electrons. The lowest BCUT2D eigenvalue weighted by Crippen LogP contribution is -2.52. The molecule has 0 aliphatic carbocycles. The van der Waals surface area contributed by atoms with Crippen LogP contribution in [0.4, 0.5) is 11.5 Å². The van der Waals surface area contributed by atoms with E-state index in [1.807, 2.05) is 60.8 Å². The van der Waals surface area contributed by atoms with Crippen LogP contribution in [0, 0.1) is 0 Å². The number of H-pyrrole nitrogens is 1. The Labute approximate surface area is 193 Å². The summed E-state index contributed by atoms with van der Waals surface area (Å²) in [4.78, 5) is 27.6. The predicted octanol–water partition coefficient (Wildman–Crippen LogP) is 3.77. The quantitative estimate of drug-likeness (QED) is 0.407. The predicted molar refractivity (Wildman–Crippen MR) is 131 cm³/mol. The molecule has 3 heterocycles. The summed E-state index contributed by atoms with van der Waals surface area (Å²) < 4.78 is 0. The Bertz CT molecular complexity index is 1150. The van der Waals surface area contributed by atoms with Crippen molar-refractivity contribution in [2.45, 2.75) is 31.3 Å². The number of fused-ring (bicyclic) bond motifs is 1. The average molecular weight is 441 g/mol. The van der Waals surface area contributed by atoms with Gasteiger partial charge in [-0.3, -0.25) is 4.79 Å². The number of hydrogen-bond acceptors (Lipinski definition) is 5. The summed E-state index contributed by atoms with van der Waals surface area (Å²) in [6.07, 6.45) is 6.04. The van der Waals surface area contributed by atoms with Crippen LogP contribution in [0.25, 0.3) is 11.0 Å². The van der Waals surface area contributed by atoms with Gasteiger partial charge in [-0.25, -0.2) is 9.97 Å². The molecule has 7 nitrogen and oxygen atoms in total. The molecule has 2 atom stereocenters. The highest BCUT2D eigenvalue weighted by Gasteiger charge is 2.27. The third-order valence-electron chi connectivity index (χ3n) is 6.11. The molecule has 5 rings (SSSR count). The number of piperidine rings is 1. The minimum atomic E-state index is -0.361. The zero-order valence-electron chi connectivity index (χ0n) is 18.4. The molecule has 3 N–H and O–H groups in total. The molecule has 1 fully saturated rings. The molecule has 1 aliphatic rings. The second-order valence-electron chi connectivity index (χ2n) is 8.48. The van der Waals surface area contributed by atoms with Gasteiger partial charge in [0.05, 0.1) is 5.39 Å². The smallest absolute Gasteiger partial charge is 0.243 e. The molecule has 0 saturated carbocycles. The van der Waals surface area contributed by atoms with E-state index in [1.165, 1.54) is 0 Å². The van der Waals surface area contributed by atoms with Crippen molar-refractivity contribution in [2.75, 3.05) is 23.3 Å². The van der Waals surface area contributed by atoms with E-state index < -0.39 is 0 Å². The number of para-hydroxylation sites is 1. The molecule has 0 bridgehead atoms. The van der Waals surface area contributed by atoms with Gasteiger partial charge >= 0.3 is 0 Å². The molecule has 2 aromatic carbocycles. The van der Waals surface area contributed by atoms with Crippen LogP contribution >= 0.6 is 0 Å². The average Bonchev–Trinajstić information content (AvgIpc) is 3.34. The van der Waals surface area contributed by atoms with Crippen molar-refractivity contribution in [1.29, 1.82) is 0 Å². The fraction of sp³-hybridized carbons (Fsp3) is 0.269. The molecule has 2 unspecified atom stereocenters. The van der Waals surface area contributed by atoms with Crippen LogP contribution in [0.5, 0.6) is 0 Å². The highest BCUT2D eigenvalue weighted by atomic mass is 16.2. The van der Waals surface area contributed by atoms with Gasteiger partial charge in [0.25, 0.3) is 0 Å². The van der Waals surface area contributed by atoms with E-state index in [0.29, 0.717) is 6.42 Å². The van der Waals surface area contributed by atoms with Crippen LogP contribution < -0.4 is 15.5 Å². The van der Waals surface area contributed by atoms with Crippen molar-refractivity contribution in [2.24, 2.45) is 0 Å². The van der Waals surface area contributed by atoms with E-state index in [1.54, 1.807) is 6.33 Å². The maximum Gasteiger partial charge on any atom is 0.243 e. The molecule has 0 spiro atoms. The Morgan fingerprint density at radius 1 is 1.06 bits per heavy atom. The maximum atomic E-state index is 13.4. The van der Waals surface area contributed by atoms with Crippen molar-refractivity contribution in [3.05, 3.63) is 84.8 Å². The highest BCUT2D eigenvalue weighted by Crippen LogP contribution is 2.25. The molecule has 4 aromatic rings. The molecule has 1 saturated heterocycles. The van der Waals surface area contributed by atoms with Crippen LogP contribution in [0.2, 0.25) is 0 Å². The first kappa shape index (κ1) is 21.0. The number of rotatable bonds is 7. The number of carbonyl (C=O) groups excluding carboxylic acids is 1. The topological polar surface area (TPSA) is 85.9 Å². The Morgan fingerprint density at radius 3 is 2.67 bits per heavy atom. The second kappa shape index (κ2) is 9.73. The van der Waals surface area contributed by atoms with Gasteiger partial charge in [0.15, 0.2) is 0 Å². The van der Waals surface area contributed by atoms with Crippen molar-refractivity contribution in [3.63, 3.8) is 0 Å². The van der Waals surface area contributed by atoms with Gasteiger partial charge in [0.2, 0.25) is 5.91 Å². The molecule has 0 radical (unpaired) electrons. The van der Waals surface area contributed by atoms with Gasteiger partial charge < -0.3 is 20.5 Å². The Morgan fingerprint density at radius 2 is 1.85 bits per heavy atom. The number of nitrogens with one attached hydrogen (secondary N) is 3. The maximum absolute atomic E-state index is 13.4. The van der Waals surface area contributed by atoms with Gasteiger partial charge in [0, 0.05) is 37.4 Å². The number of amides is 1. The third kappa shape index (κ3) is 4.98. The van der Waals surface area contributed by atoms with Gasteiger partial charge in [-0.05, 0) is 36.6 Å². The number of aromatic nitrogens is 3. The number of hydrogen-bond donors (Lipinski definition) is 3. The standard InChI is InChI=1S/C26H28N6O/c33-26(23(16-19-8-3-1-4-9-19)30-20-10-5-2-6-11-20)31-21-12-7-15-32(17-21)25-22-13-14-27-24(22)28-18-29-25/h1-6,8-11,13-14,18,21,23,30H,7,12,15-17H2,(H,31,33)(H,27,28,29). The fourth-order valence-electron chi connectivity index (χ4n) is 4.49. The Kier molecular flexibility index (Phi) is 6.19. The molecule has 1 amide bonds. The van der Waals surface area contributed by atoms with Gasteiger partial charge in [-0.15, -0.1) is 0 Å².